The molecule has 3 rings (SSSR count). The van der Waals surface area contributed by atoms with Gasteiger partial charge in [0.25, 0.3) is 5.91 Å². The maximum absolute atomic E-state index is 12.7. The van der Waals surface area contributed by atoms with Crippen LogP contribution in [0.15, 0.2) is 18.2 Å². The van der Waals surface area contributed by atoms with E-state index in [2.05, 4.69) is 15.6 Å². The van der Waals surface area contributed by atoms with Crippen molar-refractivity contribution in [2.24, 2.45) is 0 Å². The fourth-order valence-electron chi connectivity index (χ4n) is 3.06. The van der Waals surface area contributed by atoms with E-state index in [0.717, 1.165) is 0 Å². The Morgan fingerprint density at radius 1 is 1.32 bits per heavy atom. The van der Waals surface area contributed by atoms with E-state index < -0.39 is 17.4 Å². The number of carboxylic acid groups (broad SMARTS) is 1. The zero-order chi connectivity index (χ0) is 20.3. The van der Waals surface area contributed by atoms with Gasteiger partial charge in [-0.1, -0.05) is 5.21 Å². The highest BCUT2D eigenvalue weighted by atomic mass is 16.6. The maximum atomic E-state index is 12.7. The van der Waals surface area contributed by atoms with E-state index in [1.54, 1.807) is 32.0 Å². The molecule has 0 saturated heterocycles. The number of aliphatic carboxylic acids is 1. The largest absolute Gasteiger partial charge is 0.486 e. The van der Waals surface area contributed by atoms with Gasteiger partial charge in [0.15, 0.2) is 17.2 Å². The van der Waals surface area contributed by atoms with Crippen LogP contribution < -0.4 is 14.8 Å². The Morgan fingerprint density at radius 3 is 2.71 bits per heavy atom. The average Bonchev–Trinajstić information content (AvgIpc) is 3.02. The molecule has 1 unspecified atom stereocenters. The van der Waals surface area contributed by atoms with Gasteiger partial charge in [-0.3, -0.25) is 9.59 Å². The van der Waals surface area contributed by atoms with Gasteiger partial charge < -0.3 is 24.6 Å². The average molecular weight is 390 g/mol. The highest BCUT2D eigenvalue weighted by molar-refractivity contribution is 5.94. The van der Waals surface area contributed by atoms with Crippen LogP contribution in [-0.2, 0) is 9.53 Å². The first-order valence-electron chi connectivity index (χ1n) is 8.68. The van der Waals surface area contributed by atoms with Crippen LogP contribution in [0.5, 0.6) is 11.5 Å². The third-order valence-electron chi connectivity index (χ3n) is 4.30. The number of aromatic nitrogens is 3. The van der Waals surface area contributed by atoms with Gasteiger partial charge in [-0.05, 0) is 26.0 Å². The van der Waals surface area contributed by atoms with Crippen molar-refractivity contribution in [3.63, 3.8) is 0 Å². The molecule has 2 heterocycles. The highest BCUT2D eigenvalue weighted by Gasteiger charge is 2.31. The molecule has 1 aliphatic rings. The number of rotatable bonds is 7. The van der Waals surface area contributed by atoms with Crippen LogP contribution in [0, 0.1) is 6.92 Å². The number of amides is 1. The van der Waals surface area contributed by atoms with E-state index >= 15 is 0 Å². The van der Waals surface area contributed by atoms with Gasteiger partial charge in [0.1, 0.15) is 13.2 Å². The Balaban J connectivity index is 1.84. The Labute approximate surface area is 161 Å². The number of ether oxygens (including phenoxy) is 3. The minimum absolute atomic E-state index is 0.0420. The lowest BCUT2D eigenvalue weighted by Crippen LogP contribution is -2.51. The van der Waals surface area contributed by atoms with Gasteiger partial charge in [-0.25, -0.2) is 4.68 Å². The number of nitrogens with one attached hydrogen (secondary N) is 1. The molecular formula is C18H22N4O6. The lowest BCUT2D eigenvalue weighted by Gasteiger charge is -2.28. The lowest BCUT2D eigenvalue weighted by molar-refractivity contribution is -0.139. The minimum Gasteiger partial charge on any atom is -0.486 e. The first kappa shape index (κ1) is 19.6. The molecule has 1 aromatic carbocycles. The molecule has 150 valence electrons. The molecule has 1 amide bonds. The monoisotopic (exact) mass is 390 g/mol. The Kier molecular flexibility index (Phi) is 5.50. The summed E-state index contributed by atoms with van der Waals surface area (Å²) in [6.07, 6.45) is -0.290. The smallest absolute Gasteiger partial charge is 0.305 e. The Hall–Kier alpha value is -3.14. The third-order valence-corrected chi connectivity index (χ3v) is 4.30. The molecule has 0 aliphatic carbocycles. The predicted octanol–water partition coefficient (Wildman–Crippen LogP) is 0.957. The summed E-state index contributed by atoms with van der Waals surface area (Å²) in [5.74, 6) is -0.327. The zero-order valence-electron chi connectivity index (χ0n) is 15.9. The van der Waals surface area contributed by atoms with Gasteiger partial charge in [-0.2, -0.15) is 0 Å². The van der Waals surface area contributed by atoms with Crippen molar-refractivity contribution in [1.29, 1.82) is 0 Å². The van der Waals surface area contributed by atoms with Gasteiger partial charge in [0.05, 0.1) is 29.9 Å². The van der Waals surface area contributed by atoms with Crippen LogP contribution >= 0.6 is 0 Å². The van der Waals surface area contributed by atoms with Gasteiger partial charge in [0, 0.05) is 13.2 Å². The van der Waals surface area contributed by atoms with Crippen LogP contribution in [0.25, 0.3) is 5.69 Å². The van der Waals surface area contributed by atoms with Crippen LogP contribution in [0.1, 0.15) is 29.5 Å². The lowest BCUT2D eigenvalue weighted by atomic mass is 9.98. The summed E-state index contributed by atoms with van der Waals surface area (Å²) in [6, 6.07) is 5.32. The van der Waals surface area contributed by atoms with E-state index in [9.17, 15) is 9.59 Å². The van der Waals surface area contributed by atoms with Crippen molar-refractivity contribution in [3.05, 3.63) is 29.6 Å². The number of fused-ring (bicyclic) bond motifs is 1. The SMILES string of the molecule is COCC(C)(CC(=O)O)NC(=O)c1nnn(-c2ccc3c(c2)OCCO3)c1C. The number of carbonyl (C=O) groups excluding carboxylic acids is 1. The molecule has 1 atom stereocenters. The number of hydrogen-bond donors (Lipinski definition) is 2. The molecule has 2 aromatic rings. The van der Waals surface area contributed by atoms with Crippen LogP contribution in [0.4, 0.5) is 0 Å². The quantitative estimate of drug-likeness (QED) is 0.716. The second-order valence-corrected chi connectivity index (χ2v) is 6.78. The van der Waals surface area contributed by atoms with Crippen molar-refractivity contribution in [3.8, 4) is 17.2 Å². The molecule has 0 saturated carbocycles. The number of carboxylic acids is 1. The molecule has 0 radical (unpaired) electrons. The van der Waals surface area contributed by atoms with E-state index in [4.69, 9.17) is 19.3 Å². The summed E-state index contributed by atoms with van der Waals surface area (Å²) in [4.78, 5) is 23.8. The summed E-state index contributed by atoms with van der Waals surface area (Å²) >= 11 is 0. The number of benzene rings is 1. The summed E-state index contributed by atoms with van der Waals surface area (Å²) in [5.41, 5.74) is 0.190. The maximum Gasteiger partial charge on any atom is 0.305 e. The fourth-order valence-corrected chi connectivity index (χ4v) is 3.06. The normalized spacial score (nSPS) is 15.0. The third kappa shape index (κ3) is 4.06. The van der Waals surface area contributed by atoms with E-state index in [-0.39, 0.29) is 18.7 Å². The van der Waals surface area contributed by atoms with Crippen LogP contribution in [0.2, 0.25) is 0 Å². The minimum atomic E-state index is -1.08. The van der Waals surface area contributed by atoms with Crippen LogP contribution in [-0.4, -0.2) is 64.4 Å². The zero-order valence-corrected chi connectivity index (χ0v) is 15.9. The summed E-state index contributed by atoms with van der Waals surface area (Å²) in [7, 11) is 1.44. The second kappa shape index (κ2) is 7.85. The number of hydrogen-bond acceptors (Lipinski definition) is 7. The van der Waals surface area contributed by atoms with Crippen molar-refractivity contribution in [2.45, 2.75) is 25.8 Å². The summed E-state index contributed by atoms with van der Waals surface area (Å²) in [6.45, 7) is 4.30. The van der Waals surface area contributed by atoms with E-state index in [1.165, 1.54) is 11.8 Å². The highest BCUT2D eigenvalue weighted by Crippen LogP contribution is 2.32. The van der Waals surface area contributed by atoms with Gasteiger partial charge in [-0.15, -0.1) is 5.10 Å². The Morgan fingerprint density at radius 2 is 2.04 bits per heavy atom. The molecule has 2 N–H and O–H groups in total. The first-order chi connectivity index (χ1) is 13.3. The number of carbonyl (C=O) groups is 2. The van der Waals surface area contributed by atoms with Crippen molar-refractivity contribution < 1.29 is 28.9 Å². The number of methoxy groups -OCH3 is 1. The fraction of sp³-hybridized carbons (Fsp3) is 0.444. The topological polar surface area (TPSA) is 125 Å². The molecule has 1 aromatic heterocycles. The summed E-state index contributed by atoms with van der Waals surface area (Å²) < 4.78 is 17.6. The summed E-state index contributed by atoms with van der Waals surface area (Å²) in [5, 5.41) is 19.8. The predicted molar refractivity (Wildman–Crippen MR) is 97.1 cm³/mol. The number of nitrogens with zero attached hydrogens (tertiary/aromatic N) is 3. The Bertz CT molecular complexity index is 896. The van der Waals surface area contributed by atoms with Crippen molar-refractivity contribution >= 4 is 11.9 Å². The van der Waals surface area contributed by atoms with E-state index in [1.807, 2.05) is 0 Å². The molecular weight excluding hydrogens is 368 g/mol. The standard InChI is InChI=1S/C18H22N4O6/c1-11-16(17(25)19-18(2,10-26-3)9-15(23)24)20-21-22(11)12-4-5-13-14(8-12)28-7-6-27-13/h4-5,8H,6-7,9-10H2,1-3H3,(H,19,25)(H,23,24). The van der Waals surface area contributed by atoms with Crippen molar-refractivity contribution in [1.82, 2.24) is 20.3 Å². The van der Waals surface area contributed by atoms with Crippen LogP contribution in [0.3, 0.4) is 0 Å². The molecule has 0 fully saturated rings. The molecule has 0 bridgehead atoms. The first-order valence-corrected chi connectivity index (χ1v) is 8.68. The molecule has 0 spiro atoms. The van der Waals surface area contributed by atoms with Crippen molar-refractivity contribution in [2.75, 3.05) is 26.9 Å². The molecule has 28 heavy (non-hydrogen) atoms. The molecule has 10 nitrogen and oxygen atoms in total. The van der Waals surface area contributed by atoms with Gasteiger partial charge in [0.2, 0.25) is 0 Å². The van der Waals surface area contributed by atoms with Gasteiger partial charge >= 0.3 is 5.97 Å². The molecule has 10 heteroatoms. The van der Waals surface area contributed by atoms with E-state index in [0.29, 0.717) is 36.1 Å². The second-order valence-electron chi connectivity index (χ2n) is 6.78. The molecule has 1 aliphatic heterocycles.